The number of fused-ring (bicyclic) bond motifs is 1. The van der Waals surface area contributed by atoms with E-state index in [2.05, 4.69) is 19.9 Å². The Kier molecular flexibility index (Phi) is 4.28. The van der Waals surface area contributed by atoms with Crippen molar-refractivity contribution >= 4 is 22.8 Å². The number of carbonyl (C=O) groups excluding carboxylic acids is 1. The molecule has 0 bridgehead atoms. The fourth-order valence-corrected chi connectivity index (χ4v) is 3.44. The van der Waals surface area contributed by atoms with E-state index < -0.39 is 5.82 Å². The van der Waals surface area contributed by atoms with Crippen LogP contribution in [0.5, 0.6) is 5.75 Å². The van der Waals surface area contributed by atoms with Crippen molar-refractivity contribution in [3.8, 4) is 5.75 Å². The van der Waals surface area contributed by atoms with E-state index in [0.29, 0.717) is 22.8 Å². The maximum absolute atomic E-state index is 13.8. The Hall–Kier alpha value is -2.96. The minimum atomic E-state index is -0.533. The highest BCUT2D eigenvalue weighted by molar-refractivity contribution is 6.05. The van der Waals surface area contributed by atoms with Crippen LogP contribution in [0.2, 0.25) is 0 Å². The van der Waals surface area contributed by atoms with E-state index in [0.717, 1.165) is 18.5 Å². The van der Waals surface area contributed by atoms with Gasteiger partial charge in [0, 0.05) is 24.0 Å². The van der Waals surface area contributed by atoms with Gasteiger partial charge in [-0.05, 0) is 31.0 Å². The molecule has 3 aromatic rings. The molecule has 134 valence electrons. The Labute approximate surface area is 150 Å². The summed E-state index contributed by atoms with van der Waals surface area (Å²) in [4.78, 5) is 21.3. The van der Waals surface area contributed by atoms with Gasteiger partial charge in [-0.1, -0.05) is 12.8 Å². The number of carbonyl (C=O) groups is 1. The monoisotopic (exact) mass is 354 g/mol. The first kappa shape index (κ1) is 16.5. The van der Waals surface area contributed by atoms with Crippen LogP contribution >= 0.6 is 0 Å². The second-order valence-corrected chi connectivity index (χ2v) is 6.46. The number of methoxy groups -OCH3 is 1. The number of anilines is 1. The third kappa shape index (κ3) is 3.00. The van der Waals surface area contributed by atoms with Crippen LogP contribution in [0, 0.1) is 5.82 Å². The number of pyridine rings is 1. The fourth-order valence-electron chi connectivity index (χ4n) is 3.44. The molecule has 1 amide bonds. The Morgan fingerprint density at radius 3 is 2.81 bits per heavy atom. The van der Waals surface area contributed by atoms with Crippen molar-refractivity contribution in [2.24, 2.45) is 0 Å². The summed E-state index contributed by atoms with van der Waals surface area (Å²) in [5.74, 6) is -0.767. The van der Waals surface area contributed by atoms with Gasteiger partial charge < -0.3 is 14.6 Å². The number of amides is 1. The molecule has 1 N–H and O–H groups in total. The number of nitrogens with one attached hydrogen (secondary N) is 1. The molecule has 26 heavy (non-hydrogen) atoms. The Bertz CT molecular complexity index is 963. The second-order valence-electron chi connectivity index (χ2n) is 6.46. The van der Waals surface area contributed by atoms with E-state index in [1.807, 2.05) is 0 Å². The van der Waals surface area contributed by atoms with Gasteiger partial charge in [-0.2, -0.15) is 0 Å². The first-order valence-electron chi connectivity index (χ1n) is 8.63. The average Bonchev–Trinajstić information content (AvgIpc) is 3.30. The second kappa shape index (κ2) is 6.74. The quantitative estimate of drug-likeness (QED) is 0.770. The largest absolute Gasteiger partial charge is 0.494 e. The highest BCUT2D eigenvalue weighted by atomic mass is 19.1. The molecule has 0 atom stereocenters. The highest BCUT2D eigenvalue weighted by Crippen LogP contribution is 2.31. The third-order valence-corrected chi connectivity index (χ3v) is 4.80. The lowest BCUT2D eigenvalue weighted by Crippen LogP contribution is -2.12. The smallest absolute Gasteiger partial charge is 0.257 e. The van der Waals surface area contributed by atoms with Crippen molar-refractivity contribution in [2.45, 2.75) is 31.7 Å². The van der Waals surface area contributed by atoms with Gasteiger partial charge in [0.2, 0.25) is 0 Å². The number of imidazole rings is 1. The summed E-state index contributed by atoms with van der Waals surface area (Å²) in [6.07, 6.45) is 8.06. The van der Waals surface area contributed by atoms with Gasteiger partial charge in [0.15, 0.2) is 17.2 Å². The van der Waals surface area contributed by atoms with Gasteiger partial charge in [0.1, 0.15) is 5.52 Å². The SMILES string of the molecule is COc1ccc(NC(=O)c2cnc3c(c2)ncn3C2CCCC2)cc1F. The highest BCUT2D eigenvalue weighted by Gasteiger charge is 2.20. The molecule has 0 spiro atoms. The standard InChI is InChI=1S/C19H19FN4O2/c1-26-17-7-6-13(9-15(17)20)23-19(25)12-8-16-18(21-10-12)24(11-22-16)14-4-2-3-5-14/h6-11,14H,2-5H2,1H3,(H,23,25). The van der Waals surface area contributed by atoms with E-state index in [1.165, 1.54) is 38.3 Å². The summed E-state index contributed by atoms with van der Waals surface area (Å²) in [5.41, 5.74) is 2.21. The lowest BCUT2D eigenvalue weighted by Gasteiger charge is -2.11. The van der Waals surface area contributed by atoms with Crippen molar-refractivity contribution < 1.29 is 13.9 Å². The zero-order chi connectivity index (χ0) is 18.1. The van der Waals surface area contributed by atoms with Gasteiger partial charge >= 0.3 is 0 Å². The Balaban J connectivity index is 1.56. The van der Waals surface area contributed by atoms with Crippen LogP contribution < -0.4 is 10.1 Å². The normalized spacial score (nSPS) is 14.7. The van der Waals surface area contributed by atoms with Crippen LogP contribution in [0.25, 0.3) is 11.2 Å². The Morgan fingerprint density at radius 2 is 2.08 bits per heavy atom. The first-order valence-corrected chi connectivity index (χ1v) is 8.63. The first-order chi connectivity index (χ1) is 12.7. The van der Waals surface area contributed by atoms with Gasteiger partial charge in [-0.3, -0.25) is 4.79 Å². The summed E-state index contributed by atoms with van der Waals surface area (Å²) in [6, 6.07) is 6.42. The van der Waals surface area contributed by atoms with Crippen molar-refractivity contribution in [3.63, 3.8) is 0 Å². The average molecular weight is 354 g/mol. The molecule has 0 unspecified atom stereocenters. The van der Waals surface area contributed by atoms with Gasteiger partial charge in [-0.25, -0.2) is 14.4 Å². The van der Waals surface area contributed by atoms with Gasteiger partial charge in [0.05, 0.1) is 19.0 Å². The topological polar surface area (TPSA) is 69.0 Å². The zero-order valence-corrected chi connectivity index (χ0v) is 14.4. The summed E-state index contributed by atoms with van der Waals surface area (Å²) in [7, 11) is 1.39. The van der Waals surface area contributed by atoms with Crippen molar-refractivity contribution in [1.82, 2.24) is 14.5 Å². The molecule has 1 aliphatic rings. The van der Waals surface area contributed by atoms with Crippen LogP contribution in [0.3, 0.4) is 0 Å². The minimum Gasteiger partial charge on any atom is -0.494 e. The zero-order valence-electron chi connectivity index (χ0n) is 14.4. The summed E-state index contributed by atoms with van der Waals surface area (Å²) in [6.45, 7) is 0. The number of hydrogen-bond donors (Lipinski definition) is 1. The maximum Gasteiger partial charge on any atom is 0.257 e. The van der Waals surface area contributed by atoms with E-state index in [1.54, 1.807) is 18.5 Å². The number of rotatable bonds is 4. The van der Waals surface area contributed by atoms with E-state index in [9.17, 15) is 9.18 Å². The Morgan fingerprint density at radius 1 is 1.27 bits per heavy atom. The summed E-state index contributed by atoms with van der Waals surface area (Å²) >= 11 is 0. The van der Waals surface area contributed by atoms with Crippen molar-refractivity contribution in [1.29, 1.82) is 0 Å². The molecular weight excluding hydrogens is 335 g/mol. The molecule has 1 aromatic carbocycles. The molecular formula is C19H19FN4O2. The maximum atomic E-state index is 13.8. The van der Waals surface area contributed by atoms with Crippen molar-refractivity contribution in [3.05, 3.63) is 48.2 Å². The van der Waals surface area contributed by atoms with Crippen LogP contribution in [-0.2, 0) is 0 Å². The molecule has 6 nitrogen and oxygen atoms in total. The third-order valence-electron chi connectivity index (χ3n) is 4.80. The molecule has 4 rings (SSSR count). The molecule has 0 saturated heterocycles. The number of benzene rings is 1. The molecule has 7 heteroatoms. The van der Waals surface area contributed by atoms with Crippen LogP contribution in [0.15, 0.2) is 36.8 Å². The molecule has 0 radical (unpaired) electrons. The van der Waals surface area contributed by atoms with Crippen LogP contribution in [0.1, 0.15) is 42.1 Å². The number of halogens is 1. The number of nitrogens with zero attached hydrogens (tertiary/aromatic N) is 3. The molecule has 0 aliphatic heterocycles. The summed E-state index contributed by atoms with van der Waals surface area (Å²) in [5, 5.41) is 2.67. The number of aromatic nitrogens is 3. The fraction of sp³-hybridized carbons (Fsp3) is 0.316. The lowest BCUT2D eigenvalue weighted by atomic mass is 10.2. The predicted octanol–water partition coefficient (Wildman–Crippen LogP) is 3.95. The molecule has 2 heterocycles. The van der Waals surface area contributed by atoms with Crippen molar-refractivity contribution in [2.75, 3.05) is 12.4 Å². The molecule has 2 aromatic heterocycles. The van der Waals surface area contributed by atoms with Crippen LogP contribution in [-0.4, -0.2) is 27.6 Å². The minimum absolute atomic E-state index is 0.128. The predicted molar refractivity (Wildman–Crippen MR) is 95.9 cm³/mol. The number of ether oxygens (including phenoxy) is 1. The lowest BCUT2D eigenvalue weighted by molar-refractivity contribution is 0.102. The summed E-state index contributed by atoms with van der Waals surface area (Å²) < 4.78 is 20.7. The molecule has 1 fully saturated rings. The van der Waals surface area contributed by atoms with Crippen LogP contribution in [0.4, 0.5) is 10.1 Å². The molecule has 1 aliphatic carbocycles. The van der Waals surface area contributed by atoms with E-state index >= 15 is 0 Å². The van der Waals surface area contributed by atoms with E-state index in [-0.39, 0.29) is 11.7 Å². The molecule has 1 saturated carbocycles. The van der Waals surface area contributed by atoms with E-state index in [4.69, 9.17) is 4.74 Å². The van der Waals surface area contributed by atoms with Gasteiger partial charge in [-0.15, -0.1) is 0 Å². The van der Waals surface area contributed by atoms with Gasteiger partial charge in [0.25, 0.3) is 5.91 Å². The number of hydrogen-bond acceptors (Lipinski definition) is 4.